The predicted molar refractivity (Wildman–Crippen MR) is 83.3 cm³/mol. The van der Waals surface area contributed by atoms with Gasteiger partial charge in [0.05, 0.1) is 32.0 Å². The van der Waals surface area contributed by atoms with Gasteiger partial charge < -0.3 is 14.6 Å². The molecule has 1 N–H and O–H groups in total. The van der Waals surface area contributed by atoms with Crippen molar-refractivity contribution in [3.8, 4) is 0 Å². The molecule has 1 saturated carbocycles. The monoisotopic (exact) mass is 319 g/mol. The van der Waals surface area contributed by atoms with Gasteiger partial charge in [0.1, 0.15) is 0 Å². The van der Waals surface area contributed by atoms with Gasteiger partial charge in [0, 0.05) is 11.3 Å². The zero-order chi connectivity index (χ0) is 16.7. The van der Waals surface area contributed by atoms with Gasteiger partial charge in [0.2, 0.25) is 0 Å². The van der Waals surface area contributed by atoms with Gasteiger partial charge in [-0.3, -0.25) is 4.79 Å². The van der Waals surface area contributed by atoms with Crippen molar-refractivity contribution in [3.05, 3.63) is 46.3 Å². The number of methoxy groups -OCH3 is 1. The van der Waals surface area contributed by atoms with Crippen LogP contribution in [0.15, 0.2) is 35.4 Å². The van der Waals surface area contributed by atoms with Crippen LogP contribution in [-0.2, 0) is 20.9 Å². The zero-order valence-corrected chi connectivity index (χ0v) is 13.0. The Morgan fingerprint density at radius 2 is 2.13 bits per heavy atom. The van der Waals surface area contributed by atoms with Crippen molar-refractivity contribution in [2.45, 2.75) is 44.1 Å². The highest BCUT2D eigenvalue weighted by Crippen LogP contribution is 2.32. The fraction of sp³-hybridized carbons (Fsp3) is 0.562. The van der Waals surface area contributed by atoms with Crippen LogP contribution < -0.4 is 0 Å². The number of hydrogen-bond donors (Lipinski definition) is 1. The number of esters is 1. The second-order valence-electron chi connectivity index (χ2n) is 5.72. The zero-order valence-electron chi connectivity index (χ0n) is 13.0. The lowest BCUT2D eigenvalue weighted by atomic mass is 9.80. The van der Waals surface area contributed by atoms with Crippen molar-refractivity contribution < 1.29 is 19.4 Å². The van der Waals surface area contributed by atoms with Crippen LogP contribution in [0.3, 0.4) is 0 Å². The van der Waals surface area contributed by atoms with E-state index >= 15 is 0 Å². The maximum atomic E-state index is 11.4. The lowest BCUT2D eigenvalue weighted by molar-refractivity contribution is -0.143. The molecule has 124 valence electrons. The highest BCUT2D eigenvalue weighted by atomic mass is 16.5. The first-order valence-electron chi connectivity index (χ1n) is 7.58. The average Bonchev–Trinajstić information content (AvgIpc) is 2.55. The van der Waals surface area contributed by atoms with Gasteiger partial charge in [-0.25, -0.2) is 0 Å². The molecule has 23 heavy (non-hydrogen) atoms. The molecule has 0 spiro atoms. The normalized spacial score (nSPS) is 27.0. The van der Waals surface area contributed by atoms with Crippen molar-refractivity contribution >= 4 is 5.97 Å². The van der Waals surface area contributed by atoms with Gasteiger partial charge in [-0.2, -0.15) is 0 Å². The predicted octanol–water partition coefficient (Wildman–Crippen LogP) is 2.58. The second kappa shape index (κ2) is 8.53. The molecule has 0 aliphatic heterocycles. The van der Waals surface area contributed by atoms with Crippen LogP contribution in [0, 0.1) is 5.92 Å². The van der Waals surface area contributed by atoms with E-state index in [2.05, 4.69) is 14.8 Å². The summed E-state index contributed by atoms with van der Waals surface area (Å²) < 4.78 is 10.5. The molecule has 1 aliphatic carbocycles. The van der Waals surface area contributed by atoms with E-state index in [0.717, 1.165) is 5.56 Å². The van der Waals surface area contributed by atoms with Crippen LogP contribution in [0.5, 0.6) is 0 Å². The maximum absolute atomic E-state index is 11.4. The summed E-state index contributed by atoms with van der Waals surface area (Å²) in [7, 11) is 1.33. The van der Waals surface area contributed by atoms with E-state index in [1.807, 2.05) is 30.3 Å². The summed E-state index contributed by atoms with van der Waals surface area (Å²) in [4.78, 5) is 14.3. The molecule has 1 aromatic rings. The van der Waals surface area contributed by atoms with Gasteiger partial charge in [0.15, 0.2) is 0 Å². The summed E-state index contributed by atoms with van der Waals surface area (Å²) >= 11 is 0. The molecule has 0 radical (unpaired) electrons. The van der Waals surface area contributed by atoms with Crippen molar-refractivity contribution in [1.82, 2.24) is 0 Å². The topological polar surface area (TPSA) is 105 Å². The Kier molecular flexibility index (Phi) is 6.40. The number of carbonyl (C=O) groups is 1. The van der Waals surface area contributed by atoms with Gasteiger partial charge in [-0.15, -0.1) is 0 Å². The van der Waals surface area contributed by atoms with Gasteiger partial charge in [0.25, 0.3) is 0 Å². The quantitative estimate of drug-likeness (QED) is 0.376. The molecule has 0 heterocycles. The molecule has 0 amide bonds. The number of aliphatic hydroxyl groups is 1. The molecule has 0 aromatic heterocycles. The largest absolute Gasteiger partial charge is 0.469 e. The highest BCUT2D eigenvalue weighted by Gasteiger charge is 2.38. The number of aliphatic hydroxyl groups excluding tert-OH is 1. The van der Waals surface area contributed by atoms with E-state index in [4.69, 9.17) is 10.3 Å². The maximum Gasteiger partial charge on any atom is 0.305 e. The third-order valence-corrected chi connectivity index (χ3v) is 4.08. The van der Waals surface area contributed by atoms with Crippen molar-refractivity contribution in [3.63, 3.8) is 0 Å². The number of rotatable bonds is 6. The van der Waals surface area contributed by atoms with E-state index in [9.17, 15) is 9.90 Å². The minimum Gasteiger partial charge on any atom is -0.469 e. The summed E-state index contributed by atoms with van der Waals surface area (Å²) in [5.74, 6) is -0.407. The first kappa shape index (κ1) is 17.3. The number of carbonyl (C=O) groups excluding carboxylic acids is 1. The summed E-state index contributed by atoms with van der Waals surface area (Å²) in [6.45, 7) is 0.335. The minimum absolute atomic E-state index is 0.0791. The van der Waals surface area contributed by atoms with Gasteiger partial charge in [-0.1, -0.05) is 35.4 Å². The smallest absolute Gasteiger partial charge is 0.305 e. The van der Waals surface area contributed by atoms with Gasteiger partial charge >= 0.3 is 5.97 Å². The van der Waals surface area contributed by atoms with Crippen LogP contribution in [0.25, 0.3) is 10.4 Å². The van der Waals surface area contributed by atoms with E-state index in [-0.39, 0.29) is 18.3 Å². The minimum atomic E-state index is -0.780. The molecule has 1 aliphatic rings. The Bertz CT molecular complexity index is 560. The molecule has 0 saturated heterocycles. The Morgan fingerprint density at radius 1 is 1.39 bits per heavy atom. The highest BCUT2D eigenvalue weighted by molar-refractivity contribution is 5.69. The molecule has 7 nitrogen and oxygen atoms in total. The van der Waals surface area contributed by atoms with Crippen molar-refractivity contribution in [1.29, 1.82) is 0 Å². The lowest BCUT2D eigenvalue weighted by Crippen LogP contribution is -2.45. The summed E-state index contributed by atoms with van der Waals surface area (Å²) in [6.07, 6.45) is -0.226. The van der Waals surface area contributed by atoms with Crippen LogP contribution in [0.1, 0.15) is 24.8 Å². The molecule has 3 unspecified atom stereocenters. The fourth-order valence-electron chi connectivity index (χ4n) is 2.96. The van der Waals surface area contributed by atoms with Crippen LogP contribution in [0.4, 0.5) is 0 Å². The number of hydrogen-bond acceptors (Lipinski definition) is 5. The van der Waals surface area contributed by atoms with E-state index < -0.39 is 18.2 Å². The third-order valence-electron chi connectivity index (χ3n) is 4.08. The molecule has 1 fully saturated rings. The summed E-state index contributed by atoms with van der Waals surface area (Å²) in [6, 6.07) is 9.09. The van der Waals surface area contributed by atoms with Crippen LogP contribution >= 0.6 is 0 Å². The number of azide groups is 1. The Labute approximate surface area is 134 Å². The second-order valence-corrected chi connectivity index (χ2v) is 5.72. The SMILES string of the molecule is COC(=O)CC1CC(N=[N+]=[N-])C(OCc2ccccc2)[C@H](O)C1. The van der Waals surface area contributed by atoms with Gasteiger partial charge in [-0.05, 0) is 29.9 Å². The molecule has 7 heteroatoms. The molecule has 0 bridgehead atoms. The third kappa shape index (κ3) is 4.96. The van der Waals surface area contributed by atoms with E-state index in [1.165, 1.54) is 7.11 Å². The Balaban J connectivity index is 2.00. The van der Waals surface area contributed by atoms with Crippen molar-refractivity contribution in [2.24, 2.45) is 11.0 Å². The number of ether oxygens (including phenoxy) is 2. The average molecular weight is 319 g/mol. The number of benzene rings is 1. The van der Waals surface area contributed by atoms with Crippen LogP contribution in [-0.4, -0.2) is 36.4 Å². The first-order chi connectivity index (χ1) is 11.1. The summed E-state index contributed by atoms with van der Waals surface area (Å²) in [5, 5.41) is 14.1. The molecular weight excluding hydrogens is 298 g/mol. The van der Waals surface area contributed by atoms with Crippen LogP contribution in [0.2, 0.25) is 0 Å². The molecule has 2 rings (SSSR count). The standard InChI is InChI=1S/C16H21N3O4/c1-22-15(21)9-12-7-13(18-19-17)16(14(20)8-12)23-10-11-5-3-2-4-6-11/h2-6,12-14,16,20H,7-10H2,1H3/t12?,13?,14-,16?/m1/s1. The fourth-order valence-corrected chi connectivity index (χ4v) is 2.96. The van der Waals surface area contributed by atoms with Crippen molar-refractivity contribution in [2.75, 3.05) is 7.11 Å². The molecular formula is C16H21N3O4. The first-order valence-corrected chi connectivity index (χ1v) is 7.58. The number of nitrogens with zero attached hydrogens (tertiary/aromatic N) is 3. The molecule has 1 aromatic carbocycles. The van der Waals surface area contributed by atoms with E-state index in [0.29, 0.717) is 19.4 Å². The van der Waals surface area contributed by atoms with E-state index in [1.54, 1.807) is 0 Å². The summed E-state index contributed by atoms with van der Waals surface area (Å²) in [5.41, 5.74) is 9.73. The Morgan fingerprint density at radius 3 is 2.78 bits per heavy atom. The Hall–Kier alpha value is -2.08. The lowest BCUT2D eigenvalue weighted by Gasteiger charge is -2.37. The molecule has 4 atom stereocenters.